The number of carbonyl (C=O) groups excluding carboxylic acids is 2. The van der Waals surface area contributed by atoms with E-state index in [1.54, 1.807) is 14.2 Å². The highest BCUT2D eigenvalue weighted by Gasteiger charge is 2.28. The van der Waals surface area contributed by atoms with E-state index in [-0.39, 0.29) is 12.1 Å². The maximum Gasteiger partial charge on any atom is 0.409 e. The topological polar surface area (TPSA) is 77.1 Å². The van der Waals surface area contributed by atoms with Gasteiger partial charge >= 0.3 is 12.2 Å². The molecule has 0 aromatic carbocycles. The molecule has 1 N–H and O–H groups in total. The zero-order chi connectivity index (χ0) is 21.5. The summed E-state index contributed by atoms with van der Waals surface area (Å²) in [6, 6.07) is 0.590. The highest BCUT2D eigenvalue weighted by molar-refractivity contribution is 6.76. The standard InChI is InChI=1S/C19H40N2O5Si/c1-18(2,3)26-16(22)20-15(13-19(4,5)24-7)14-21(6)17(23)25-11-12-27(8,9)10/h15H,11-14H2,1-10H3,(H,20,22)/t15-/m0/s1. The van der Waals surface area contributed by atoms with Gasteiger partial charge in [0, 0.05) is 28.8 Å². The van der Waals surface area contributed by atoms with E-state index in [1.165, 1.54) is 4.90 Å². The predicted octanol–water partition coefficient (Wildman–Crippen LogP) is 4.10. The number of methoxy groups -OCH3 is 1. The normalized spacial score (nSPS) is 13.7. The lowest BCUT2D eigenvalue weighted by Gasteiger charge is -2.32. The molecule has 0 aliphatic rings. The number of hydrogen-bond acceptors (Lipinski definition) is 5. The highest BCUT2D eigenvalue weighted by Crippen LogP contribution is 2.17. The van der Waals surface area contributed by atoms with E-state index in [0.717, 1.165) is 6.04 Å². The minimum Gasteiger partial charge on any atom is -0.450 e. The number of carbonyl (C=O) groups is 2. The molecule has 0 bridgehead atoms. The van der Waals surface area contributed by atoms with Crippen molar-refractivity contribution < 1.29 is 23.8 Å². The van der Waals surface area contributed by atoms with Crippen LogP contribution in [0.1, 0.15) is 41.0 Å². The van der Waals surface area contributed by atoms with Crippen LogP contribution in [0.5, 0.6) is 0 Å². The molecule has 0 aliphatic heterocycles. The van der Waals surface area contributed by atoms with Gasteiger partial charge in [-0.1, -0.05) is 19.6 Å². The first-order valence-corrected chi connectivity index (χ1v) is 13.2. The minimum absolute atomic E-state index is 0.303. The van der Waals surface area contributed by atoms with Crippen molar-refractivity contribution in [3.8, 4) is 0 Å². The molecule has 0 fully saturated rings. The summed E-state index contributed by atoms with van der Waals surface area (Å²) < 4.78 is 16.2. The van der Waals surface area contributed by atoms with Crippen LogP contribution in [-0.2, 0) is 14.2 Å². The molecule has 0 radical (unpaired) electrons. The van der Waals surface area contributed by atoms with E-state index in [9.17, 15) is 9.59 Å². The van der Waals surface area contributed by atoms with Crippen molar-refractivity contribution in [1.82, 2.24) is 10.2 Å². The Morgan fingerprint density at radius 2 is 1.67 bits per heavy atom. The number of ether oxygens (including phenoxy) is 3. The Morgan fingerprint density at radius 3 is 2.11 bits per heavy atom. The average Bonchev–Trinajstić information content (AvgIpc) is 2.42. The summed E-state index contributed by atoms with van der Waals surface area (Å²) >= 11 is 0. The smallest absolute Gasteiger partial charge is 0.409 e. The Hall–Kier alpha value is -1.28. The molecular formula is C19H40N2O5Si. The molecule has 7 nitrogen and oxygen atoms in total. The third-order valence-corrected chi connectivity index (χ3v) is 5.60. The Bertz CT molecular complexity index is 483. The van der Waals surface area contributed by atoms with E-state index in [0.29, 0.717) is 19.6 Å². The second kappa shape index (κ2) is 10.3. The molecule has 0 spiro atoms. The molecular weight excluding hydrogens is 364 g/mol. The summed E-state index contributed by atoms with van der Waals surface area (Å²) in [7, 11) is 2.03. The van der Waals surface area contributed by atoms with Crippen molar-refractivity contribution in [2.75, 3.05) is 27.3 Å². The lowest BCUT2D eigenvalue weighted by molar-refractivity contribution is 0.00140. The Labute approximate surface area is 166 Å². The summed E-state index contributed by atoms with van der Waals surface area (Å²) in [6.45, 7) is 16.7. The van der Waals surface area contributed by atoms with Gasteiger partial charge in [-0.3, -0.25) is 0 Å². The molecule has 0 rings (SSSR count). The number of nitrogens with one attached hydrogen (secondary N) is 1. The van der Waals surface area contributed by atoms with Crippen LogP contribution in [0.2, 0.25) is 25.7 Å². The molecule has 0 saturated carbocycles. The fraction of sp³-hybridized carbons (Fsp3) is 0.895. The number of alkyl carbamates (subject to hydrolysis) is 1. The molecule has 0 heterocycles. The van der Waals surface area contributed by atoms with Gasteiger partial charge in [0.2, 0.25) is 0 Å². The molecule has 2 amide bonds. The van der Waals surface area contributed by atoms with Crippen LogP contribution >= 0.6 is 0 Å². The first-order valence-electron chi connectivity index (χ1n) is 9.47. The monoisotopic (exact) mass is 404 g/mol. The van der Waals surface area contributed by atoms with E-state index >= 15 is 0 Å². The van der Waals surface area contributed by atoms with Gasteiger partial charge in [-0.25, -0.2) is 9.59 Å². The van der Waals surface area contributed by atoms with Crippen LogP contribution in [0.3, 0.4) is 0 Å². The summed E-state index contributed by atoms with van der Waals surface area (Å²) in [6.07, 6.45) is -0.380. The van der Waals surface area contributed by atoms with Gasteiger partial charge in [0.1, 0.15) is 5.60 Å². The van der Waals surface area contributed by atoms with Gasteiger partial charge in [-0.15, -0.1) is 0 Å². The summed E-state index contributed by atoms with van der Waals surface area (Å²) in [4.78, 5) is 25.9. The van der Waals surface area contributed by atoms with Crippen molar-refractivity contribution >= 4 is 20.3 Å². The lowest BCUT2D eigenvalue weighted by Crippen LogP contribution is -2.49. The van der Waals surface area contributed by atoms with Gasteiger partial charge in [0.15, 0.2) is 0 Å². The SMILES string of the molecule is COC(C)(C)C[C@@H](CN(C)C(=O)OCC[Si](C)(C)C)NC(=O)OC(C)(C)C. The quantitative estimate of drug-likeness (QED) is 0.585. The Kier molecular flexibility index (Phi) is 9.82. The van der Waals surface area contributed by atoms with Crippen LogP contribution in [-0.4, -0.2) is 69.7 Å². The second-order valence-corrected chi connectivity index (χ2v) is 15.4. The first kappa shape index (κ1) is 25.7. The van der Waals surface area contributed by atoms with Gasteiger partial charge in [-0.05, 0) is 47.1 Å². The average molecular weight is 405 g/mol. The van der Waals surface area contributed by atoms with Crippen LogP contribution in [0.15, 0.2) is 0 Å². The Morgan fingerprint density at radius 1 is 1.11 bits per heavy atom. The van der Waals surface area contributed by atoms with Crippen molar-refractivity contribution in [1.29, 1.82) is 0 Å². The van der Waals surface area contributed by atoms with Gasteiger partial charge in [0.05, 0.1) is 18.2 Å². The summed E-state index contributed by atoms with van der Waals surface area (Å²) in [5.74, 6) is 0. The third kappa shape index (κ3) is 13.5. The van der Waals surface area contributed by atoms with Crippen molar-refractivity contribution in [2.45, 2.75) is 84.0 Å². The van der Waals surface area contributed by atoms with E-state index in [1.807, 2.05) is 34.6 Å². The maximum absolute atomic E-state index is 12.3. The molecule has 160 valence electrons. The van der Waals surface area contributed by atoms with E-state index < -0.39 is 25.4 Å². The number of likely N-dealkylation sites (N-methyl/N-ethyl adjacent to an activating group) is 1. The summed E-state index contributed by atoms with van der Waals surface area (Å²) in [5.41, 5.74) is -1.05. The number of nitrogens with zero attached hydrogens (tertiary/aromatic N) is 1. The summed E-state index contributed by atoms with van der Waals surface area (Å²) in [5, 5.41) is 2.85. The number of rotatable bonds is 9. The van der Waals surface area contributed by atoms with Crippen LogP contribution in [0.25, 0.3) is 0 Å². The van der Waals surface area contributed by atoms with Gasteiger partial charge in [0.25, 0.3) is 0 Å². The third-order valence-electron chi connectivity index (χ3n) is 3.89. The maximum atomic E-state index is 12.3. The minimum atomic E-state index is -1.26. The van der Waals surface area contributed by atoms with Crippen molar-refractivity contribution in [3.05, 3.63) is 0 Å². The lowest BCUT2D eigenvalue weighted by atomic mass is 9.98. The molecule has 8 heteroatoms. The highest BCUT2D eigenvalue weighted by atomic mass is 28.3. The molecule has 0 aromatic heterocycles. The van der Waals surface area contributed by atoms with E-state index in [4.69, 9.17) is 14.2 Å². The van der Waals surface area contributed by atoms with Crippen molar-refractivity contribution in [3.63, 3.8) is 0 Å². The van der Waals surface area contributed by atoms with Crippen LogP contribution in [0.4, 0.5) is 9.59 Å². The molecule has 0 aromatic rings. The molecule has 0 unspecified atom stereocenters. The van der Waals surface area contributed by atoms with Crippen molar-refractivity contribution in [2.24, 2.45) is 0 Å². The number of amides is 2. The molecule has 1 atom stereocenters. The first-order chi connectivity index (χ1) is 12.0. The zero-order valence-corrected chi connectivity index (χ0v) is 19.9. The predicted molar refractivity (Wildman–Crippen MR) is 111 cm³/mol. The molecule has 0 aliphatic carbocycles. The fourth-order valence-electron chi connectivity index (χ4n) is 2.27. The van der Waals surface area contributed by atoms with Crippen LogP contribution < -0.4 is 5.32 Å². The van der Waals surface area contributed by atoms with Gasteiger partial charge < -0.3 is 24.4 Å². The van der Waals surface area contributed by atoms with Gasteiger partial charge in [-0.2, -0.15) is 0 Å². The second-order valence-electron chi connectivity index (χ2n) is 9.82. The number of hydrogen-bond donors (Lipinski definition) is 1. The van der Waals surface area contributed by atoms with E-state index in [2.05, 4.69) is 25.0 Å². The Balaban J connectivity index is 4.86. The largest absolute Gasteiger partial charge is 0.450 e. The molecule has 27 heavy (non-hydrogen) atoms. The molecule has 0 saturated heterocycles. The van der Waals surface area contributed by atoms with Crippen LogP contribution in [0, 0.1) is 0 Å². The zero-order valence-electron chi connectivity index (χ0n) is 18.9. The fourth-order valence-corrected chi connectivity index (χ4v) is 2.99.